The summed E-state index contributed by atoms with van der Waals surface area (Å²) in [5.74, 6) is 0.579. The Kier molecular flexibility index (Phi) is 5.39. The van der Waals surface area contributed by atoms with Gasteiger partial charge < -0.3 is 20.1 Å². The first-order valence-corrected chi connectivity index (χ1v) is 7.35. The van der Waals surface area contributed by atoms with Gasteiger partial charge in [0, 0.05) is 17.6 Å². The zero-order chi connectivity index (χ0) is 14.5. The lowest BCUT2D eigenvalue weighted by Crippen LogP contribution is -2.40. The summed E-state index contributed by atoms with van der Waals surface area (Å²) in [7, 11) is 1.59. The minimum Gasteiger partial charge on any atom is -0.495 e. The van der Waals surface area contributed by atoms with Gasteiger partial charge in [-0.15, -0.1) is 0 Å². The van der Waals surface area contributed by atoms with Crippen LogP contribution in [0.15, 0.2) is 16.6 Å². The second kappa shape index (κ2) is 7.06. The molecule has 0 saturated carbocycles. The minimum atomic E-state index is -0.0672. The zero-order valence-corrected chi connectivity index (χ0v) is 13.2. The number of carbonyl (C=O) groups is 1. The number of anilines is 1. The minimum absolute atomic E-state index is 0.0644. The lowest BCUT2D eigenvalue weighted by Gasteiger charge is -2.23. The average molecular weight is 343 g/mol. The lowest BCUT2D eigenvalue weighted by atomic mass is 10.1. The van der Waals surface area contributed by atoms with Crippen molar-refractivity contribution in [1.29, 1.82) is 0 Å². The first kappa shape index (κ1) is 15.3. The first-order chi connectivity index (χ1) is 9.60. The summed E-state index contributed by atoms with van der Waals surface area (Å²) in [6, 6.07) is 3.78. The number of benzene rings is 1. The molecule has 0 aliphatic carbocycles. The molecule has 6 heteroatoms. The van der Waals surface area contributed by atoms with Crippen molar-refractivity contribution in [3.05, 3.63) is 22.2 Å². The summed E-state index contributed by atoms with van der Waals surface area (Å²) < 4.78 is 11.8. The van der Waals surface area contributed by atoms with Crippen LogP contribution in [0.5, 0.6) is 5.75 Å². The Hall–Kier alpha value is -1.11. The van der Waals surface area contributed by atoms with Crippen LogP contribution < -0.4 is 15.4 Å². The molecule has 0 aromatic heterocycles. The van der Waals surface area contributed by atoms with Gasteiger partial charge in [-0.3, -0.25) is 4.79 Å². The number of aryl methyl sites for hydroxylation is 1. The molecule has 1 aliphatic heterocycles. The molecule has 0 spiro atoms. The molecule has 1 amide bonds. The molecular formula is C14H19BrN2O3. The number of hydrogen-bond acceptors (Lipinski definition) is 4. The van der Waals surface area contributed by atoms with Crippen LogP contribution in [-0.4, -0.2) is 38.8 Å². The van der Waals surface area contributed by atoms with E-state index in [1.807, 2.05) is 19.1 Å². The van der Waals surface area contributed by atoms with Crippen LogP contribution in [0.2, 0.25) is 0 Å². The standard InChI is InChI=1S/C14H19BrN2O3/c1-9-5-10(15)6-12(19-2)14(9)17-13(18)7-11-8-16-3-4-20-11/h5-6,11,16H,3-4,7-8H2,1-2H3,(H,17,18). The van der Waals surface area contributed by atoms with Crippen LogP contribution in [0.1, 0.15) is 12.0 Å². The van der Waals surface area contributed by atoms with E-state index in [4.69, 9.17) is 9.47 Å². The van der Waals surface area contributed by atoms with Gasteiger partial charge in [0.05, 0.1) is 31.9 Å². The smallest absolute Gasteiger partial charge is 0.227 e. The summed E-state index contributed by atoms with van der Waals surface area (Å²) in [5, 5.41) is 6.12. The number of rotatable bonds is 4. The predicted molar refractivity (Wildman–Crippen MR) is 81.3 cm³/mol. The maximum atomic E-state index is 12.1. The van der Waals surface area contributed by atoms with Gasteiger partial charge >= 0.3 is 0 Å². The van der Waals surface area contributed by atoms with Gasteiger partial charge in [0.25, 0.3) is 0 Å². The van der Waals surface area contributed by atoms with Gasteiger partial charge in [-0.25, -0.2) is 0 Å². The van der Waals surface area contributed by atoms with Crippen molar-refractivity contribution in [1.82, 2.24) is 5.32 Å². The average Bonchev–Trinajstić information content (AvgIpc) is 2.42. The summed E-state index contributed by atoms with van der Waals surface area (Å²) >= 11 is 3.41. The SMILES string of the molecule is COc1cc(Br)cc(C)c1NC(=O)CC1CNCCO1. The number of nitrogens with one attached hydrogen (secondary N) is 2. The van der Waals surface area contributed by atoms with E-state index in [0.717, 1.165) is 16.6 Å². The van der Waals surface area contributed by atoms with Crippen LogP contribution in [0.4, 0.5) is 5.69 Å². The van der Waals surface area contributed by atoms with Gasteiger partial charge in [0.15, 0.2) is 0 Å². The van der Waals surface area contributed by atoms with Crippen molar-refractivity contribution in [2.45, 2.75) is 19.4 Å². The molecule has 2 rings (SSSR count). The summed E-state index contributed by atoms with van der Waals surface area (Å²) in [6.45, 7) is 4.14. The van der Waals surface area contributed by atoms with Crippen LogP contribution in [0, 0.1) is 6.92 Å². The van der Waals surface area contributed by atoms with Gasteiger partial charge in [-0.1, -0.05) is 15.9 Å². The Balaban J connectivity index is 2.03. The quantitative estimate of drug-likeness (QED) is 0.879. The molecule has 1 saturated heterocycles. The number of halogens is 1. The molecule has 1 aliphatic rings. The summed E-state index contributed by atoms with van der Waals surface area (Å²) in [5.41, 5.74) is 1.66. The second-order valence-corrected chi connectivity index (χ2v) is 5.66. The van der Waals surface area contributed by atoms with Crippen LogP contribution in [0.25, 0.3) is 0 Å². The van der Waals surface area contributed by atoms with E-state index >= 15 is 0 Å². The van der Waals surface area contributed by atoms with E-state index in [1.165, 1.54) is 0 Å². The molecule has 20 heavy (non-hydrogen) atoms. The van der Waals surface area contributed by atoms with E-state index in [2.05, 4.69) is 26.6 Å². The molecule has 1 heterocycles. The Morgan fingerprint density at radius 2 is 2.40 bits per heavy atom. The molecule has 110 valence electrons. The molecule has 5 nitrogen and oxygen atoms in total. The predicted octanol–water partition coefficient (Wildman–Crippen LogP) is 2.08. The molecular weight excluding hydrogens is 324 g/mol. The van der Waals surface area contributed by atoms with Gasteiger partial charge in [-0.2, -0.15) is 0 Å². The van der Waals surface area contributed by atoms with Gasteiger partial charge in [0.2, 0.25) is 5.91 Å². The highest BCUT2D eigenvalue weighted by Gasteiger charge is 2.19. The fourth-order valence-corrected chi connectivity index (χ4v) is 2.73. The molecule has 2 N–H and O–H groups in total. The first-order valence-electron chi connectivity index (χ1n) is 6.56. The number of amides is 1. The third-order valence-corrected chi connectivity index (χ3v) is 3.62. The van der Waals surface area contributed by atoms with Crippen molar-refractivity contribution >= 4 is 27.5 Å². The molecule has 1 fully saturated rings. The molecule has 0 bridgehead atoms. The van der Waals surface area contributed by atoms with E-state index in [-0.39, 0.29) is 12.0 Å². The summed E-state index contributed by atoms with van der Waals surface area (Å²) in [4.78, 5) is 12.1. The highest BCUT2D eigenvalue weighted by atomic mass is 79.9. The number of methoxy groups -OCH3 is 1. The highest BCUT2D eigenvalue weighted by molar-refractivity contribution is 9.10. The molecule has 1 aromatic rings. The largest absolute Gasteiger partial charge is 0.495 e. The normalized spacial score (nSPS) is 18.6. The van der Waals surface area contributed by atoms with Crippen LogP contribution in [0.3, 0.4) is 0 Å². The maximum absolute atomic E-state index is 12.1. The number of morpholine rings is 1. The Morgan fingerprint density at radius 1 is 1.60 bits per heavy atom. The zero-order valence-electron chi connectivity index (χ0n) is 11.7. The fraction of sp³-hybridized carbons (Fsp3) is 0.500. The van der Waals surface area contributed by atoms with Crippen LogP contribution in [-0.2, 0) is 9.53 Å². The van der Waals surface area contributed by atoms with E-state index < -0.39 is 0 Å². The topological polar surface area (TPSA) is 59.6 Å². The lowest BCUT2D eigenvalue weighted by molar-refractivity contribution is -0.119. The molecule has 1 unspecified atom stereocenters. The third kappa shape index (κ3) is 3.94. The highest BCUT2D eigenvalue weighted by Crippen LogP contribution is 2.32. The van der Waals surface area contributed by atoms with Crippen molar-refractivity contribution in [2.75, 3.05) is 32.1 Å². The molecule has 1 aromatic carbocycles. The van der Waals surface area contributed by atoms with E-state index in [9.17, 15) is 4.79 Å². The van der Waals surface area contributed by atoms with Crippen molar-refractivity contribution in [3.8, 4) is 5.75 Å². The monoisotopic (exact) mass is 342 g/mol. The summed E-state index contributed by atoms with van der Waals surface area (Å²) in [6.07, 6.45) is 0.275. The van der Waals surface area contributed by atoms with Crippen molar-refractivity contribution in [3.63, 3.8) is 0 Å². The van der Waals surface area contributed by atoms with E-state index in [0.29, 0.717) is 31.0 Å². The Morgan fingerprint density at radius 3 is 3.05 bits per heavy atom. The molecule has 1 atom stereocenters. The van der Waals surface area contributed by atoms with Gasteiger partial charge in [-0.05, 0) is 24.6 Å². The van der Waals surface area contributed by atoms with Crippen LogP contribution >= 0.6 is 15.9 Å². The fourth-order valence-electron chi connectivity index (χ4n) is 2.18. The number of carbonyl (C=O) groups excluding carboxylic acids is 1. The Bertz CT molecular complexity index is 488. The van der Waals surface area contributed by atoms with E-state index in [1.54, 1.807) is 7.11 Å². The van der Waals surface area contributed by atoms with Crippen molar-refractivity contribution in [2.24, 2.45) is 0 Å². The van der Waals surface area contributed by atoms with Crippen molar-refractivity contribution < 1.29 is 14.3 Å². The number of ether oxygens (including phenoxy) is 2. The Labute approximate surface area is 127 Å². The third-order valence-electron chi connectivity index (χ3n) is 3.17. The van der Waals surface area contributed by atoms with Gasteiger partial charge in [0.1, 0.15) is 5.75 Å². The molecule has 0 radical (unpaired) electrons. The maximum Gasteiger partial charge on any atom is 0.227 e. The number of hydrogen-bond donors (Lipinski definition) is 2. The second-order valence-electron chi connectivity index (χ2n) is 4.75.